The highest BCUT2D eigenvalue weighted by atomic mass is 16.4. The van der Waals surface area contributed by atoms with E-state index < -0.39 is 5.97 Å². The minimum Gasteiger partial charge on any atom is -0.508 e. The summed E-state index contributed by atoms with van der Waals surface area (Å²) in [4.78, 5) is 14.8. The van der Waals surface area contributed by atoms with Gasteiger partial charge in [-0.2, -0.15) is 0 Å². The molecule has 1 aromatic heterocycles. The molecule has 0 radical (unpaired) electrons. The lowest BCUT2D eigenvalue weighted by Crippen LogP contribution is -2.09. The monoisotopic (exact) mass is 206 g/mol. The van der Waals surface area contributed by atoms with Gasteiger partial charge in [0.2, 0.25) is 0 Å². The molecule has 1 heterocycles. The number of rotatable bonds is 2. The normalized spacial score (nSPS) is 10.7. The number of aromatic nitrogens is 2. The molecule has 0 bridgehead atoms. The third kappa shape index (κ3) is 1.63. The molecule has 0 unspecified atom stereocenters. The second kappa shape index (κ2) is 3.27. The van der Waals surface area contributed by atoms with Crippen LogP contribution in [0.5, 0.6) is 5.75 Å². The fraction of sp³-hybridized carbons (Fsp3) is 0.200. The van der Waals surface area contributed by atoms with E-state index in [0.717, 1.165) is 0 Å². The van der Waals surface area contributed by atoms with E-state index in [0.29, 0.717) is 16.9 Å². The van der Waals surface area contributed by atoms with Gasteiger partial charge in [-0.1, -0.05) is 0 Å². The van der Waals surface area contributed by atoms with Crippen molar-refractivity contribution >= 4 is 17.0 Å². The maximum absolute atomic E-state index is 10.6. The summed E-state index contributed by atoms with van der Waals surface area (Å²) in [5.41, 5.74) is 1.32. The number of carboxylic acids is 1. The summed E-state index contributed by atoms with van der Waals surface area (Å²) in [6.45, 7) is 1.59. The Kier molecular flexibility index (Phi) is 2.07. The van der Waals surface area contributed by atoms with Gasteiger partial charge in [0.25, 0.3) is 0 Å². The van der Waals surface area contributed by atoms with Gasteiger partial charge >= 0.3 is 5.97 Å². The quantitative estimate of drug-likeness (QED) is 0.772. The Balaban J connectivity index is 2.65. The molecule has 2 N–H and O–H groups in total. The van der Waals surface area contributed by atoms with Crippen LogP contribution < -0.4 is 0 Å². The van der Waals surface area contributed by atoms with Gasteiger partial charge in [-0.25, -0.2) is 4.98 Å². The van der Waals surface area contributed by atoms with Crippen molar-refractivity contribution in [3.8, 4) is 5.75 Å². The maximum Gasteiger partial charge on any atom is 0.323 e. The number of hydrogen-bond donors (Lipinski definition) is 2. The number of fused-ring (bicyclic) bond motifs is 1. The average Bonchev–Trinajstić information content (AvgIpc) is 2.43. The molecule has 0 saturated heterocycles. The number of hydrogen-bond acceptors (Lipinski definition) is 3. The lowest BCUT2D eigenvalue weighted by atomic mass is 10.3. The van der Waals surface area contributed by atoms with Gasteiger partial charge in [-0.3, -0.25) is 4.79 Å². The van der Waals surface area contributed by atoms with Crippen molar-refractivity contribution < 1.29 is 15.0 Å². The molecule has 5 nitrogen and oxygen atoms in total. The van der Waals surface area contributed by atoms with Gasteiger partial charge in [-0.15, -0.1) is 0 Å². The molecule has 1 aromatic carbocycles. The number of phenols is 1. The second-order valence-electron chi connectivity index (χ2n) is 3.31. The Morgan fingerprint density at radius 2 is 2.27 bits per heavy atom. The molecule has 5 heteroatoms. The minimum atomic E-state index is -0.930. The van der Waals surface area contributed by atoms with Crippen molar-refractivity contribution in [1.82, 2.24) is 9.55 Å². The third-order valence-electron chi connectivity index (χ3n) is 2.22. The number of aryl methyl sites for hydroxylation is 1. The number of carboxylic acid groups (broad SMARTS) is 1. The van der Waals surface area contributed by atoms with Crippen LogP contribution in [0, 0.1) is 6.92 Å². The first-order chi connectivity index (χ1) is 7.08. The molecule has 0 amide bonds. The van der Waals surface area contributed by atoms with Crippen LogP contribution in [0.3, 0.4) is 0 Å². The summed E-state index contributed by atoms with van der Waals surface area (Å²) in [6, 6.07) is 4.70. The molecular formula is C10H10N2O3. The number of imidazole rings is 1. The second-order valence-corrected chi connectivity index (χ2v) is 3.31. The largest absolute Gasteiger partial charge is 0.508 e. The van der Waals surface area contributed by atoms with Gasteiger partial charge in [0, 0.05) is 6.07 Å². The Bertz CT molecular complexity index is 531. The molecule has 0 aliphatic heterocycles. The average molecular weight is 206 g/mol. The third-order valence-corrected chi connectivity index (χ3v) is 2.22. The fourth-order valence-electron chi connectivity index (χ4n) is 1.57. The van der Waals surface area contributed by atoms with Crippen LogP contribution in [0.1, 0.15) is 5.82 Å². The van der Waals surface area contributed by atoms with Gasteiger partial charge in [0.1, 0.15) is 18.1 Å². The highest BCUT2D eigenvalue weighted by Gasteiger charge is 2.10. The van der Waals surface area contributed by atoms with E-state index in [1.165, 1.54) is 12.1 Å². The molecule has 15 heavy (non-hydrogen) atoms. The van der Waals surface area contributed by atoms with E-state index in [1.54, 1.807) is 17.6 Å². The zero-order valence-electron chi connectivity index (χ0n) is 8.14. The molecule has 0 aliphatic rings. The number of nitrogens with zero attached hydrogens (tertiary/aromatic N) is 2. The number of carbonyl (C=O) groups is 1. The minimum absolute atomic E-state index is 0.106. The van der Waals surface area contributed by atoms with Crippen molar-refractivity contribution in [2.45, 2.75) is 13.5 Å². The van der Waals surface area contributed by atoms with E-state index in [9.17, 15) is 9.90 Å². The van der Waals surface area contributed by atoms with E-state index in [1.807, 2.05) is 0 Å². The molecule has 0 aliphatic carbocycles. The van der Waals surface area contributed by atoms with Gasteiger partial charge in [0.15, 0.2) is 0 Å². The number of benzene rings is 1. The molecule has 0 fully saturated rings. The SMILES string of the molecule is Cc1nc2ccc(O)cc2n1CC(=O)O. The zero-order chi connectivity index (χ0) is 11.0. The lowest BCUT2D eigenvalue weighted by molar-refractivity contribution is -0.137. The molecule has 78 valence electrons. The molecule has 0 saturated carbocycles. The summed E-state index contributed by atoms with van der Waals surface area (Å²) in [5.74, 6) is -0.201. The van der Waals surface area contributed by atoms with Crippen LogP contribution in [0.2, 0.25) is 0 Å². The van der Waals surface area contributed by atoms with Gasteiger partial charge < -0.3 is 14.8 Å². The van der Waals surface area contributed by atoms with Crippen molar-refractivity contribution in [1.29, 1.82) is 0 Å². The Morgan fingerprint density at radius 1 is 1.53 bits per heavy atom. The summed E-state index contributed by atoms with van der Waals surface area (Å²) in [6.07, 6.45) is 0. The lowest BCUT2D eigenvalue weighted by Gasteiger charge is -2.02. The summed E-state index contributed by atoms with van der Waals surface area (Å²) < 4.78 is 1.55. The summed E-state index contributed by atoms with van der Waals surface area (Å²) in [5, 5.41) is 18.0. The maximum atomic E-state index is 10.6. The van der Waals surface area contributed by atoms with Crippen molar-refractivity contribution in [2.75, 3.05) is 0 Å². The van der Waals surface area contributed by atoms with E-state index in [2.05, 4.69) is 4.98 Å². The number of aliphatic carboxylic acids is 1. The topological polar surface area (TPSA) is 75.4 Å². The van der Waals surface area contributed by atoms with Crippen LogP contribution in [0.4, 0.5) is 0 Å². The van der Waals surface area contributed by atoms with Crippen LogP contribution in [0.15, 0.2) is 18.2 Å². The highest BCUT2D eigenvalue weighted by Crippen LogP contribution is 2.20. The number of phenolic OH excluding ortho intramolecular Hbond substituents is 1. The molecule has 0 atom stereocenters. The van der Waals surface area contributed by atoms with Crippen molar-refractivity contribution in [3.63, 3.8) is 0 Å². The highest BCUT2D eigenvalue weighted by molar-refractivity contribution is 5.79. The Labute approximate surface area is 85.6 Å². The Morgan fingerprint density at radius 3 is 2.93 bits per heavy atom. The molecule has 2 rings (SSSR count). The van der Waals surface area contributed by atoms with Crippen LogP contribution in [0.25, 0.3) is 11.0 Å². The fourth-order valence-corrected chi connectivity index (χ4v) is 1.57. The first-order valence-corrected chi connectivity index (χ1v) is 4.45. The van der Waals surface area contributed by atoms with Gasteiger partial charge in [0.05, 0.1) is 11.0 Å². The predicted molar refractivity (Wildman–Crippen MR) is 53.8 cm³/mol. The van der Waals surface area contributed by atoms with E-state index in [-0.39, 0.29) is 12.3 Å². The first kappa shape index (κ1) is 9.51. The standard InChI is InChI=1S/C10H10N2O3/c1-6-11-8-3-2-7(13)4-9(8)12(6)5-10(14)15/h2-4,13H,5H2,1H3,(H,14,15). The number of aromatic hydroxyl groups is 1. The molecule has 2 aromatic rings. The van der Waals surface area contributed by atoms with E-state index >= 15 is 0 Å². The summed E-state index contributed by atoms with van der Waals surface area (Å²) in [7, 11) is 0. The van der Waals surface area contributed by atoms with E-state index in [4.69, 9.17) is 5.11 Å². The smallest absolute Gasteiger partial charge is 0.323 e. The Hall–Kier alpha value is -2.04. The van der Waals surface area contributed by atoms with Gasteiger partial charge in [-0.05, 0) is 19.1 Å². The van der Waals surface area contributed by atoms with Crippen LogP contribution in [-0.2, 0) is 11.3 Å². The van der Waals surface area contributed by atoms with Crippen molar-refractivity contribution in [2.24, 2.45) is 0 Å². The summed E-state index contributed by atoms with van der Waals surface area (Å²) >= 11 is 0. The molecule has 0 spiro atoms. The van der Waals surface area contributed by atoms with Crippen LogP contribution >= 0.6 is 0 Å². The predicted octanol–water partition coefficient (Wildman–Crippen LogP) is 1.13. The van der Waals surface area contributed by atoms with Crippen molar-refractivity contribution in [3.05, 3.63) is 24.0 Å². The first-order valence-electron chi connectivity index (χ1n) is 4.45. The van der Waals surface area contributed by atoms with Crippen LogP contribution in [-0.4, -0.2) is 25.7 Å². The molecular weight excluding hydrogens is 196 g/mol. The zero-order valence-corrected chi connectivity index (χ0v) is 8.14.